The Morgan fingerprint density at radius 3 is 2.50 bits per heavy atom. The Morgan fingerprint density at radius 2 is 1.79 bits per heavy atom. The van der Waals surface area contributed by atoms with Gasteiger partial charge in [-0.25, -0.2) is 0 Å². The van der Waals surface area contributed by atoms with Gasteiger partial charge in [0.05, 0.1) is 0 Å². The molecular formula is C27H38IN5O. The maximum atomic E-state index is 11.2. The molecule has 2 aliphatic rings. The molecule has 34 heavy (non-hydrogen) atoms. The maximum absolute atomic E-state index is 11.2. The van der Waals surface area contributed by atoms with E-state index in [0.29, 0.717) is 12.0 Å². The summed E-state index contributed by atoms with van der Waals surface area (Å²) in [5.41, 5.74) is 3.50. The Balaban J connectivity index is 0.00000324. The fraction of sp³-hybridized carbons (Fsp3) is 0.481. The van der Waals surface area contributed by atoms with Crippen LogP contribution in [0, 0.1) is 5.92 Å². The van der Waals surface area contributed by atoms with E-state index >= 15 is 0 Å². The van der Waals surface area contributed by atoms with Crippen molar-refractivity contribution in [3.63, 3.8) is 0 Å². The monoisotopic (exact) mass is 575 g/mol. The molecule has 2 unspecified atom stereocenters. The van der Waals surface area contributed by atoms with Crippen molar-refractivity contribution in [2.24, 2.45) is 10.9 Å². The SMILES string of the molecule is CN=C(NCCc1ccc(NC(C)=O)cc1)N1CCC2C(CCCN2Cc2ccccc2)C1.I. The zero-order chi connectivity index (χ0) is 23.0. The normalized spacial score (nSPS) is 20.8. The Kier molecular flexibility index (Phi) is 10.2. The Labute approximate surface area is 221 Å². The van der Waals surface area contributed by atoms with Gasteiger partial charge in [0.25, 0.3) is 0 Å². The average molecular weight is 576 g/mol. The molecule has 4 rings (SSSR count). The summed E-state index contributed by atoms with van der Waals surface area (Å²) in [6.45, 7) is 6.79. The number of aliphatic imine (C=N–C) groups is 1. The number of hydrogen-bond acceptors (Lipinski definition) is 3. The minimum absolute atomic E-state index is 0. The van der Waals surface area contributed by atoms with Crippen molar-refractivity contribution in [2.45, 2.75) is 45.2 Å². The number of benzene rings is 2. The number of hydrogen-bond donors (Lipinski definition) is 2. The highest BCUT2D eigenvalue weighted by atomic mass is 127. The van der Waals surface area contributed by atoms with Gasteiger partial charge in [0.15, 0.2) is 5.96 Å². The van der Waals surface area contributed by atoms with Gasteiger partial charge in [-0.2, -0.15) is 0 Å². The predicted molar refractivity (Wildman–Crippen MR) is 151 cm³/mol. The van der Waals surface area contributed by atoms with E-state index < -0.39 is 0 Å². The van der Waals surface area contributed by atoms with Crippen LogP contribution in [0.5, 0.6) is 0 Å². The van der Waals surface area contributed by atoms with Crippen LogP contribution in [-0.4, -0.2) is 60.9 Å². The van der Waals surface area contributed by atoms with Crippen LogP contribution in [0.15, 0.2) is 59.6 Å². The van der Waals surface area contributed by atoms with E-state index in [1.165, 1.54) is 43.9 Å². The van der Waals surface area contributed by atoms with E-state index in [-0.39, 0.29) is 29.9 Å². The molecule has 6 nitrogen and oxygen atoms in total. The molecule has 7 heteroatoms. The number of amides is 1. The number of likely N-dealkylation sites (tertiary alicyclic amines) is 2. The molecule has 0 radical (unpaired) electrons. The van der Waals surface area contributed by atoms with Crippen LogP contribution in [0.25, 0.3) is 0 Å². The van der Waals surface area contributed by atoms with Crippen LogP contribution in [0.3, 0.4) is 0 Å². The lowest BCUT2D eigenvalue weighted by Crippen LogP contribution is -2.56. The molecular weight excluding hydrogens is 537 g/mol. The first-order chi connectivity index (χ1) is 16.1. The first-order valence-electron chi connectivity index (χ1n) is 12.2. The second-order valence-corrected chi connectivity index (χ2v) is 9.26. The molecule has 0 spiro atoms. The molecule has 0 aliphatic carbocycles. The number of fused-ring (bicyclic) bond motifs is 1. The highest BCUT2D eigenvalue weighted by Crippen LogP contribution is 2.31. The third kappa shape index (κ3) is 7.18. The number of carbonyl (C=O) groups is 1. The molecule has 2 aliphatic heterocycles. The van der Waals surface area contributed by atoms with E-state index in [4.69, 9.17) is 0 Å². The summed E-state index contributed by atoms with van der Waals surface area (Å²) >= 11 is 0. The summed E-state index contributed by atoms with van der Waals surface area (Å²) in [6.07, 6.45) is 4.71. The predicted octanol–water partition coefficient (Wildman–Crippen LogP) is 4.37. The molecule has 2 N–H and O–H groups in total. The molecule has 1 amide bonds. The second kappa shape index (κ2) is 13.1. The number of nitrogens with zero attached hydrogens (tertiary/aromatic N) is 3. The Bertz CT molecular complexity index is 934. The van der Waals surface area contributed by atoms with Gasteiger partial charge >= 0.3 is 0 Å². The molecule has 2 saturated heterocycles. The number of carbonyl (C=O) groups excluding carboxylic acids is 1. The largest absolute Gasteiger partial charge is 0.356 e. The van der Waals surface area contributed by atoms with Crippen molar-refractivity contribution >= 4 is 41.5 Å². The zero-order valence-electron chi connectivity index (χ0n) is 20.4. The molecule has 2 fully saturated rings. The van der Waals surface area contributed by atoms with Crippen molar-refractivity contribution in [1.29, 1.82) is 0 Å². The van der Waals surface area contributed by atoms with Gasteiger partial charge < -0.3 is 15.5 Å². The summed E-state index contributed by atoms with van der Waals surface area (Å²) in [5.74, 6) is 1.68. The molecule has 2 aromatic rings. The van der Waals surface area contributed by atoms with Gasteiger partial charge in [-0.15, -0.1) is 24.0 Å². The van der Waals surface area contributed by atoms with Crippen LogP contribution in [0.1, 0.15) is 37.3 Å². The average Bonchev–Trinajstić information content (AvgIpc) is 2.83. The number of guanidine groups is 1. The van der Waals surface area contributed by atoms with E-state index in [2.05, 4.69) is 67.9 Å². The van der Waals surface area contributed by atoms with Crippen molar-refractivity contribution in [3.05, 3.63) is 65.7 Å². The summed E-state index contributed by atoms with van der Waals surface area (Å²) in [4.78, 5) is 20.9. The van der Waals surface area contributed by atoms with Crippen LogP contribution in [0.2, 0.25) is 0 Å². The first kappa shape index (κ1) is 26.5. The van der Waals surface area contributed by atoms with E-state index in [1.807, 2.05) is 19.2 Å². The van der Waals surface area contributed by atoms with Gasteiger partial charge in [0.1, 0.15) is 0 Å². The lowest BCUT2D eigenvalue weighted by Gasteiger charge is -2.48. The fourth-order valence-corrected chi connectivity index (χ4v) is 5.32. The lowest BCUT2D eigenvalue weighted by atomic mass is 9.83. The minimum atomic E-state index is -0.0434. The smallest absolute Gasteiger partial charge is 0.221 e. The third-order valence-electron chi connectivity index (χ3n) is 6.89. The molecule has 0 bridgehead atoms. The highest BCUT2D eigenvalue weighted by Gasteiger charge is 2.36. The lowest BCUT2D eigenvalue weighted by molar-refractivity contribution is -0.114. The van der Waals surface area contributed by atoms with E-state index in [1.54, 1.807) is 0 Å². The fourth-order valence-electron chi connectivity index (χ4n) is 5.32. The number of piperidine rings is 2. The first-order valence-corrected chi connectivity index (χ1v) is 12.2. The summed E-state index contributed by atoms with van der Waals surface area (Å²) in [5, 5.41) is 6.39. The summed E-state index contributed by atoms with van der Waals surface area (Å²) in [7, 11) is 1.89. The summed E-state index contributed by atoms with van der Waals surface area (Å²) < 4.78 is 0. The topological polar surface area (TPSA) is 60.0 Å². The van der Waals surface area contributed by atoms with Gasteiger partial charge in [0, 0.05) is 51.9 Å². The quantitative estimate of drug-likeness (QED) is 0.305. The third-order valence-corrected chi connectivity index (χ3v) is 6.89. The molecule has 0 saturated carbocycles. The molecule has 0 aromatic heterocycles. The zero-order valence-corrected chi connectivity index (χ0v) is 22.7. The standard InChI is InChI=1S/C27H37N5O.HI/c1-21(33)30-25-12-10-22(11-13-25)14-16-29-27(28-2)32-18-15-26-24(20-32)9-6-17-31(26)19-23-7-4-3-5-8-23;/h3-5,7-8,10-13,24,26H,6,9,14-20H2,1-2H3,(H,28,29)(H,30,33);1H. The van der Waals surface area contributed by atoms with Crippen molar-refractivity contribution < 1.29 is 4.79 Å². The molecule has 2 atom stereocenters. The number of nitrogens with one attached hydrogen (secondary N) is 2. The maximum Gasteiger partial charge on any atom is 0.221 e. The highest BCUT2D eigenvalue weighted by molar-refractivity contribution is 14.0. The number of halogens is 1. The van der Waals surface area contributed by atoms with Crippen LogP contribution in [0.4, 0.5) is 5.69 Å². The van der Waals surface area contributed by atoms with Gasteiger partial charge in [0.2, 0.25) is 5.91 Å². The van der Waals surface area contributed by atoms with Crippen LogP contribution < -0.4 is 10.6 Å². The molecule has 184 valence electrons. The second-order valence-electron chi connectivity index (χ2n) is 9.26. The van der Waals surface area contributed by atoms with Crippen LogP contribution in [-0.2, 0) is 17.8 Å². The van der Waals surface area contributed by atoms with E-state index in [0.717, 1.165) is 44.2 Å². The van der Waals surface area contributed by atoms with Crippen LogP contribution >= 0.6 is 24.0 Å². The molecule has 2 heterocycles. The van der Waals surface area contributed by atoms with Gasteiger partial charge in [-0.1, -0.05) is 42.5 Å². The number of rotatable bonds is 6. The Morgan fingerprint density at radius 1 is 1.03 bits per heavy atom. The van der Waals surface area contributed by atoms with Crippen molar-refractivity contribution in [2.75, 3.05) is 38.5 Å². The minimum Gasteiger partial charge on any atom is -0.356 e. The summed E-state index contributed by atoms with van der Waals surface area (Å²) in [6, 6.07) is 19.6. The Hall–Kier alpha value is -2.13. The van der Waals surface area contributed by atoms with Gasteiger partial charge in [-0.05, 0) is 61.4 Å². The van der Waals surface area contributed by atoms with Crippen molar-refractivity contribution in [1.82, 2.24) is 15.1 Å². The number of anilines is 1. The van der Waals surface area contributed by atoms with E-state index in [9.17, 15) is 4.79 Å². The van der Waals surface area contributed by atoms with Gasteiger partial charge in [-0.3, -0.25) is 14.7 Å². The van der Waals surface area contributed by atoms with Crippen molar-refractivity contribution in [3.8, 4) is 0 Å². The molecule has 2 aromatic carbocycles.